The second-order valence-corrected chi connectivity index (χ2v) is 5.45. The molecule has 0 radical (unpaired) electrons. The van der Waals surface area contributed by atoms with Gasteiger partial charge in [-0.3, -0.25) is 14.9 Å². The molecule has 7 nitrogen and oxygen atoms in total. The SMILES string of the molecule is CC1Oc2ccccc2C=C1C=NNC(=O)c1cccc([N+](=O)[O-])c1. The number of nitro benzene ring substituents is 1. The van der Waals surface area contributed by atoms with Crippen molar-refractivity contribution < 1.29 is 14.5 Å². The van der Waals surface area contributed by atoms with Crippen LogP contribution in [0.5, 0.6) is 5.75 Å². The third-order valence-electron chi connectivity index (χ3n) is 3.71. The molecule has 126 valence electrons. The Labute approximate surface area is 143 Å². The highest BCUT2D eigenvalue weighted by Gasteiger charge is 2.17. The average molecular weight is 337 g/mol. The first-order chi connectivity index (χ1) is 12.0. The van der Waals surface area contributed by atoms with Crippen molar-refractivity contribution >= 4 is 23.9 Å². The van der Waals surface area contributed by atoms with Crippen LogP contribution >= 0.6 is 0 Å². The number of para-hydroxylation sites is 1. The standard InChI is InChI=1S/C18H15N3O4/c1-12-15(9-13-5-2-3-8-17(13)25-12)11-19-20-18(22)14-6-4-7-16(10-14)21(23)24/h2-12H,1H3,(H,20,22). The van der Waals surface area contributed by atoms with Crippen LogP contribution in [0.2, 0.25) is 0 Å². The van der Waals surface area contributed by atoms with E-state index in [-0.39, 0.29) is 17.4 Å². The zero-order chi connectivity index (χ0) is 17.8. The number of rotatable bonds is 4. The molecular formula is C18H15N3O4. The first kappa shape index (κ1) is 16.4. The average Bonchev–Trinajstić information content (AvgIpc) is 2.62. The van der Waals surface area contributed by atoms with Crippen LogP contribution in [0.25, 0.3) is 6.08 Å². The van der Waals surface area contributed by atoms with E-state index in [2.05, 4.69) is 10.5 Å². The van der Waals surface area contributed by atoms with Crippen LogP contribution in [-0.2, 0) is 0 Å². The zero-order valence-corrected chi connectivity index (χ0v) is 13.4. The molecule has 0 aliphatic carbocycles. The summed E-state index contributed by atoms with van der Waals surface area (Å²) in [6, 6.07) is 13.1. The van der Waals surface area contributed by atoms with Gasteiger partial charge in [-0.2, -0.15) is 5.10 Å². The van der Waals surface area contributed by atoms with Crippen molar-refractivity contribution in [3.8, 4) is 5.75 Å². The van der Waals surface area contributed by atoms with Gasteiger partial charge >= 0.3 is 0 Å². The number of ether oxygens (including phenoxy) is 1. The van der Waals surface area contributed by atoms with E-state index >= 15 is 0 Å². The van der Waals surface area contributed by atoms with Crippen LogP contribution in [0, 0.1) is 10.1 Å². The van der Waals surface area contributed by atoms with Crippen molar-refractivity contribution in [3.05, 3.63) is 75.3 Å². The molecular weight excluding hydrogens is 322 g/mol. The minimum absolute atomic E-state index is 0.148. The number of nitro groups is 1. The molecule has 1 amide bonds. The molecule has 0 fully saturated rings. The summed E-state index contributed by atoms with van der Waals surface area (Å²) in [7, 11) is 0. The lowest BCUT2D eigenvalue weighted by Gasteiger charge is -2.22. The summed E-state index contributed by atoms with van der Waals surface area (Å²) in [5.41, 5.74) is 4.13. The third-order valence-corrected chi connectivity index (χ3v) is 3.71. The van der Waals surface area contributed by atoms with E-state index in [9.17, 15) is 14.9 Å². The Balaban J connectivity index is 1.71. The Morgan fingerprint density at radius 2 is 2.08 bits per heavy atom. The van der Waals surface area contributed by atoms with E-state index in [1.54, 1.807) is 0 Å². The Morgan fingerprint density at radius 1 is 1.28 bits per heavy atom. The molecule has 1 heterocycles. The minimum Gasteiger partial charge on any atom is -0.485 e. The van der Waals surface area contributed by atoms with Gasteiger partial charge in [0.15, 0.2) is 0 Å². The van der Waals surface area contributed by atoms with Gasteiger partial charge in [-0.1, -0.05) is 24.3 Å². The first-order valence-electron chi connectivity index (χ1n) is 7.60. The molecule has 0 saturated heterocycles. The van der Waals surface area contributed by atoms with Gasteiger partial charge in [-0.05, 0) is 25.1 Å². The van der Waals surface area contributed by atoms with Gasteiger partial charge in [0.25, 0.3) is 11.6 Å². The smallest absolute Gasteiger partial charge is 0.271 e. The number of nitrogens with one attached hydrogen (secondary N) is 1. The van der Waals surface area contributed by atoms with Crippen molar-refractivity contribution in [1.82, 2.24) is 5.43 Å². The van der Waals surface area contributed by atoms with Crippen LogP contribution in [-0.4, -0.2) is 23.1 Å². The fourth-order valence-electron chi connectivity index (χ4n) is 2.40. The monoisotopic (exact) mass is 337 g/mol. The van der Waals surface area contributed by atoms with Crippen LogP contribution in [0.15, 0.2) is 59.2 Å². The number of hydrogen-bond acceptors (Lipinski definition) is 5. The summed E-state index contributed by atoms with van der Waals surface area (Å²) in [4.78, 5) is 22.2. The minimum atomic E-state index is -0.552. The van der Waals surface area contributed by atoms with E-state index in [0.29, 0.717) is 0 Å². The quantitative estimate of drug-likeness (QED) is 0.527. The number of carbonyl (C=O) groups excluding carboxylic acids is 1. The number of hydrazone groups is 1. The van der Waals surface area contributed by atoms with Crippen molar-refractivity contribution in [1.29, 1.82) is 0 Å². The largest absolute Gasteiger partial charge is 0.485 e. The number of benzene rings is 2. The summed E-state index contributed by atoms with van der Waals surface area (Å²) in [6.07, 6.45) is 3.25. The first-order valence-corrected chi connectivity index (χ1v) is 7.60. The zero-order valence-electron chi connectivity index (χ0n) is 13.4. The number of fused-ring (bicyclic) bond motifs is 1. The molecule has 7 heteroatoms. The normalized spacial score (nSPS) is 15.9. The molecule has 0 saturated carbocycles. The van der Waals surface area contributed by atoms with E-state index in [0.717, 1.165) is 16.9 Å². The second kappa shape index (κ2) is 6.96. The lowest BCUT2D eigenvalue weighted by Crippen LogP contribution is -2.22. The fourth-order valence-corrected chi connectivity index (χ4v) is 2.40. The van der Waals surface area contributed by atoms with Gasteiger partial charge in [0.1, 0.15) is 11.9 Å². The van der Waals surface area contributed by atoms with E-state index in [1.165, 1.54) is 30.5 Å². The van der Waals surface area contributed by atoms with Gasteiger partial charge < -0.3 is 4.74 Å². The number of carbonyl (C=O) groups is 1. The number of amides is 1. The third kappa shape index (κ3) is 3.72. The maximum absolute atomic E-state index is 12.0. The fraction of sp³-hybridized carbons (Fsp3) is 0.111. The molecule has 0 spiro atoms. The molecule has 0 bridgehead atoms. The molecule has 1 unspecified atom stereocenters. The number of hydrogen-bond donors (Lipinski definition) is 1. The topological polar surface area (TPSA) is 93.8 Å². The van der Waals surface area contributed by atoms with Crippen molar-refractivity contribution in [2.45, 2.75) is 13.0 Å². The highest BCUT2D eigenvalue weighted by Crippen LogP contribution is 2.28. The van der Waals surface area contributed by atoms with Crippen molar-refractivity contribution in [2.75, 3.05) is 0 Å². The van der Waals surface area contributed by atoms with Gasteiger partial charge in [0, 0.05) is 28.8 Å². The van der Waals surface area contributed by atoms with E-state index in [1.807, 2.05) is 37.3 Å². The van der Waals surface area contributed by atoms with Gasteiger partial charge in [-0.15, -0.1) is 0 Å². The van der Waals surface area contributed by atoms with E-state index < -0.39 is 10.8 Å². The Bertz CT molecular complexity index is 889. The van der Waals surface area contributed by atoms with Gasteiger partial charge in [0.2, 0.25) is 0 Å². The molecule has 2 aromatic rings. The van der Waals surface area contributed by atoms with Crippen LogP contribution in [0.4, 0.5) is 5.69 Å². The summed E-state index contributed by atoms with van der Waals surface area (Å²) in [5.74, 6) is 0.276. The summed E-state index contributed by atoms with van der Waals surface area (Å²) < 4.78 is 5.78. The molecule has 1 N–H and O–H groups in total. The molecule has 3 rings (SSSR count). The highest BCUT2D eigenvalue weighted by atomic mass is 16.6. The van der Waals surface area contributed by atoms with Crippen LogP contribution in [0.1, 0.15) is 22.8 Å². The van der Waals surface area contributed by atoms with Gasteiger partial charge in [0.05, 0.1) is 11.1 Å². The maximum Gasteiger partial charge on any atom is 0.271 e. The second-order valence-electron chi connectivity index (χ2n) is 5.45. The summed E-state index contributed by atoms with van der Waals surface area (Å²) in [5, 5.41) is 14.7. The van der Waals surface area contributed by atoms with Crippen LogP contribution < -0.4 is 10.2 Å². The molecule has 1 aliphatic rings. The molecule has 0 aromatic heterocycles. The maximum atomic E-state index is 12.0. The van der Waals surface area contributed by atoms with E-state index in [4.69, 9.17) is 4.74 Å². The van der Waals surface area contributed by atoms with Crippen molar-refractivity contribution in [3.63, 3.8) is 0 Å². The Morgan fingerprint density at radius 3 is 2.88 bits per heavy atom. The summed E-state index contributed by atoms with van der Waals surface area (Å²) >= 11 is 0. The predicted octanol–water partition coefficient (Wildman–Crippen LogP) is 3.17. The Hall–Kier alpha value is -3.48. The summed E-state index contributed by atoms with van der Waals surface area (Å²) in [6.45, 7) is 1.89. The lowest BCUT2D eigenvalue weighted by atomic mass is 10.0. The Kier molecular flexibility index (Phi) is 4.56. The number of non-ortho nitro benzene ring substituents is 1. The molecule has 2 aromatic carbocycles. The molecule has 1 aliphatic heterocycles. The van der Waals surface area contributed by atoms with Gasteiger partial charge in [-0.25, -0.2) is 5.43 Å². The highest BCUT2D eigenvalue weighted by molar-refractivity contribution is 5.96. The lowest BCUT2D eigenvalue weighted by molar-refractivity contribution is -0.384. The molecule has 25 heavy (non-hydrogen) atoms. The molecule has 1 atom stereocenters. The predicted molar refractivity (Wildman–Crippen MR) is 93.6 cm³/mol. The van der Waals surface area contributed by atoms with Crippen LogP contribution in [0.3, 0.4) is 0 Å². The number of nitrogens with zero attached hydrogens (tertiary/aromatic N) is 2. The van der Waals surface area contributed by atoms with Crippen molar-refractivity contribution in [2.24, 2.45) is 5.10 Å².